The summed E-state index contributed by atoms with van der Waals surface area (Å²) in [4.78, 5) is 25.3. The summed E-state index contributed by atoms with van der Waals surface area (Å²) in [7, 11) is 0. The number of rotatable bonds is 11. The molecule has 0 fully saturated rings. The van der Waals surface area contributed by atoms with E-state index in [0.29, 0.717) is 53.0 Å². The van der Waals surface area contributed by atoms with Crippen molar-refractivity contribution in [1.82, 2.24) is 10.6 Å². The standard InChI is InChI=1S/C26H31ClN2O5/c1-4-7-8-20-23(25(30)33-6-3)24(29-26(31)28-20)18-11-14-21(22(15-18)32-5-2)34-16-17-9-12-19(27)13-10-17/h9-15,24H,4-8,16H2,1-3H3,(H2,28,29,31). The molecule has 3 rings (SSSR count). The van der Waals surface area contributed by atoms with Gasteiger partial charge in [0, 0.05) is 10.7 Å². The molecule has 0 bridgehead atoms. The van der Waals surface area contributed by atoms with Gasteiger partial charge in [0.05, 0.1) is 24.8 Å². The largest absolute Gasteiger partial charge is 0.490 e. The van der Waals surface area contributed by atoms with Crippen molar-refractivity contribution < 1.29 is 23.8 Å². The number of urea groups is 1. The SMILES string of the molecule is CCCCC1=C(C(=O)OCC)C(c2ccc(OCc3ccc(Cl)cc3)c(OCC)c2)NC(=O)N1. The van der Waals surface area contributed by atoms with Gasteiger partial charge in [-0.25, -0.2) is 9.59 Å². The monoisotopic (exact) mass is 486 g/mol. The Bertz CT molecular complexity index is 1040. The highest BCUT2D eigenvalue weighted by Crippen LogP contribution is 2.36. The molecule has 0 aromatic heterocycles. The van der Waals surface area contributed by atoms with Gasteiger partial charge in [0.15, 0.2) is 11.5 Å². The third kappa shape index (κ3) is 6.44. The molecule has 1 heterocycles. The maximum Gasteiger partial charge on any atom is 0.338 e. The van der Waals surface area contributed by atoms with Crippen molar-refractivity contribution in [3.8, 4) is 11.5 Å². The fourth-order valence-electron chi connectivity index (χ4n) is 3.70. The Morgan fingerprint density at radius 1 is 1.00 bits per heavy atom. The van der Waals surface area contributed by atoms with Crippen LogP contribution in [0.25, 0.3) is 0 Å². The van der Waals surface area contributed by atoms with Gasteiger partial charge >= 0.3 is 12.0 Å². The van der Waals surface area contributed by atoms with Crippen molar-refractivity contribution in [3.63, 3.8) is 0 Å². The minimum atomic E-state index is -0.663. The summed E-state index contributed by atoms with van der Waals surface area (Å²) in [6.45, 7) is 6.72. The maximum atomic E-state index is 12.9. The van der Waals surface area contributed by atoms with Gasteiger partial charge in [0.2, 0.25) is 0 Å². The molecule has 34 heavy (non-hydrogen) atoms. The molecule has 0 saturated carbocycles. The van der Waals surface area contributed by atoms with Crippen LogP contribution < -0.4 is 20.1 Å². The summed E-state index contributed by atoms with van der Waals surface area (Å²) in [6, 6.07) is 11.8. The second-order valence-electron chi connectivity index (χ2n) is 7.80. The number of amides is 2. The average Bonchev–Trinajstić information content (AvgIpc) is 2.82. The summed E-state index contributed by atoms with van der Waals surface area (Å²) in [5.74, 6) is 0.640. The number of unbranched alkanes of at least 4 members (excludes halogenated alkanes) is 1. The van der Waals surface area contributed by atoms with Crippen LogP contribution in [-0.2, 0) is 16.1 Å². The number of hydrogen-bond donors (Lipinski definition) is 2. The lowest BCUT2D eigenvalue weighted by atomic mass is 9.93. The van der Waals surface area contributed by atoms with Gasteiger partial charge in [-0.15, -0.1) is 0 Å². The molecule has 1 unspecified atom stereocenters. The van der Waals surface area contributed by atoms with Crippen LogP contribution in [0.15, 0.2) is 53.7 Å². The number of nitrogens with one attached hydrogen (secondary N) is 2. The van der Waals surface area contributed by atoms with E-state index in [-0.39, 0.29) is 12.6 Å². The van der Waals surface area contributed by atoms with Gasteiger partial charge in [0.25, 0.3) is 0 Å². The predicted octanol–water partition coefficient (Wildman–Crippen LogP) is 5.68. The Morgan fingerprint density at radius 3 is 2.44 bits per heavy atom. The normalized spacial score (nSPS) is 15.4. The zero-order valence-electron chi connectivity index (χ0n) is 19.8. The Morgan fingerprint density at radius 2 is 1.76 bits per heavy atom. The number of ether oxygens (including phenoxy) is 3. The molecule has 1 aliphatic heterocycles. The second-order valence-corrected chi connectivity index (χ2v) is 8.24. The summed E-state index contributed by atoms with van der Waals surface area (Å²) in [5.41, 5.74) is 2.67. The molecule has 0 aliphatic carbocycles. The van der Waals surface area contributed by atoms with Crippen LogP contribution in [0, 0.1) is 0 Å². The third-order valence-corrected chi connectivity index (χ3v) is 5.59. The van der Waals surface area contributed by atoms with Crippen molar-refractivity contribution in [3.05, 3.63) is 69.9 Å². The lowest BCUT2D eigenvalue weighted by molar-refractivity contribution is -0.139. The van der Waals surface area contributed by atoms with E-state index >= 15 is 0 Å². The first kappa shape index (κ1) is 25.4. The minimum Gasteiger partial charge on any atom is -0.490 e. The first-order chi connectivity index (χ1) is 16.5. The van der Waals surface area contributed by atoms with Crippen molar-refractivity contribution in [2.75, 3.05) is 13.2 Å². The third-order valence-electron chi connectivity index (χ3n) is 5.34. The van der Waals surface area contributed by atoms with Crippen molar-refractivity contribution in [2.24, 2.45) is 0 Å². The van der Waals surface area contributed by atoms with E-state index in [1.165, 1.54) is 0 Å². The highest BCUT2D eigenvalue weighted by molar-refractivity contribution is 6.30. The molecular weight excluding hydrogens is 456 g/mol. The number of benzene rings is 2. The average molecular weight is 487 g/mol. The van der Waals surface area contributed by atoms with Gasteiger partial charge in [-0.2, -0.15) is 0 Å². The molecule has 2 N–H and O–H groups in total. The molecule has 2 aromatic rings. The lowest BCUT2D eigenvalue weighted by Crippen LogP contribution is -2.46. The Labute approximate surface area is 205 Å². The number of esters is 1. The van der Waals surface area contributed by atoms with Crippen LogP contribution in [0.5, 0.6) is 11.5 Å². The highest BCUT2D eigenvalue weighted by Gasteiger charge is 2.34. The molecule has 0 radical (unpaired) electrons. The molecule has 0 spiro atoms. The van der Waals surface area contributed by atoms with Gasteiger partial charge in [-0.3, -0.25) is 0 Å². The topological polar surface area (TPSA) is 85.9 Å². The maximum absolute atomic E-state index is 12.9. The van der Waals surface area contributed by atoms with Gasteiger partial charge in [-0.1, -0.05) is 43.1 Å². The quantitative estimate of drug-likeness (QED) is 0.399. The van der Waals surface area contributed by atoms with Gasteiger partial charge in [0.1, 0.15) is 6.61 Å². The first-order valence-corrected chi connectivity index (χ1v) is 12.0. The lowest BCUT2D eigenvalue weighted by Gasteiger charge is -2.30. The van der Waals surface area contributed by atoms with Gasteiger partial charge < -0.3 is 24.8 Å². The number of carbonyl (C=O) groups excluding carboxylic acids is 2. The van der Waals surface area contributed by atoms with Crippen LogP contribution >= 0.6 is 11.6 Å². The summed E-state index contributed by atoms with van der Waals surface area (Å²) in [5, 5.41) is 6.32. The van der Waals surface area contributed by atoms with Crippen LogP contribution in [0.2, 0.25) is 5.02 Å². The Kier molecular flexibility index (Phi) is 9.22. The predicted molar refractivity (Wildman–Crippen MR) is 131 cm³/mol. The van der Waals surface area contributed by atoms with Crippen LogP contribution in [-0.4, -0.2) is 25.2 Å². The molecule has 0 saturated heterocycles. The van der Waals surface area contributed by atoms with Crippen LogP contribution in [0.3, 0.4) is 0 Å². The minimum absolute atomic E-state index is 0.242. The molecule has 7 nitrogen and oxygen atoms in total. The molecule has 8 heteroatoms. The smallest absolute Gasteiger partial charge is 0.338 e. The summed E-state index contributed by atoms with van der Waals surface area (Å²) in [6.07, 6.45) is 2.35. The van der Waals surface area contributed by atoms with Crippen molar-refractivity contribution >= 4 is 23.6 Å². The van der Waals surface area contributed by atoms with E-state index < -0.39 is 12.0 Å². The van der Waals surface area contributed by atoms with E-state index in [1.807, 2.05) is 37.3 Å². The van der Waals surface area contributed by atoms with Crippen LogP contribution in [0.1, 0.15) is 57.2 Å². The zero-order valence-corrected chi connectivity index (χ0v) is 20.5. The molecule has 2 aromatic carbocycles. The van der Waals surface area contributed by atoms with E-state index in [2.05, 4.69) is 17.6 Å². The number of allylic oxidation sites excluding steroid dienone is 1. The van der Waals surface area contributed by atoms with E-state index in [9.17, 15) is 9.59 Å². The summed E-state index contributed by atoms with van der Waals surface area (Å²) >= 11 is 5.96. The van der Waals surface area contributed by atoms with Gasteiger partial charge in [-0.05, 0) is 62.1 Å². The van der Waals surface area contributed by atoms with Crippen LogP contribution in [0.4, 0.5) is 4.79 Å². The number of hydrogen-bond acceptors (Lipinski definition) is 5. The van der Waals surface area contributed by atoms with Crippen molar-refractivity contribution in [1.29, 1.82) is 0 Å². The van der Waals surface area contributed by atoms with E-state index in [1.54, 1.807) is 19.1 Å². The summed E-state index contributed by atoms with van der Waals surface area (Å²) < 4.78 is 17.1. The molecule has 182 valence electrons. The number of carbonyl (C=O) groups is 2. The highest BCUT2D eigenvalue weighted by atomic mass is 35.5. The second kappa shape index (κ2) is 12.3. The fraction of sp³-hybridized carbons (Fsp3) is 0.385. The van der Waals surface area contributed by atoms with Crippen molar-refractivity contribution in [2.45, 2.75) is 52.7 Å². The Hall–Kier alpha value is -3.19. The molecule has 1 aliphatic rings. The van der Waals surface area contributed by atoms with E-state index in [0.717, 1.165) is 18.4 Å². The zero-order chi connectivity index (χ0) is 24.5. The van der Waals surface area contributed by atoms with E-state index in [4.69, 9.17) is 25.8 Å². The first-order valence-electron chi connectivity index (χ1n) is 11.6. The fourth-order valence-corrected chi connectivity index (χ4v) is 3.83. The molecular formula is C26H31ClN2O5. The molecule has 2 amide bonds. The Balaban J connectivity index is 1.93. The molecule has 1 atom stereocenters. The number of halogens is 1.